The molecule has 1 fully saturated rings. The Bertz CT molecular complexity index is 463. The van der Waals surface area contributed by atoms with Crippen molar-refractivity contribution in [2.75, 3.05) is 13.6 Å². The molecular formula is C23H41N. The smallest absolute Gasteiger partial charge is 0.0428 e. The quantitative estimate of drug-likeness (QED) is 0.334. The molecule has 1 heteroatoms. The normalized spacial score (nSPS) is 36.1. The summed E-state index contributed by atoms with van der Waals surface area (Å²) in [4.78, 5) is 2.64. The zero-order valence-electron chi connectivity index (χ0n) is 17.3. The number of likely N-dealkylation sites (N-methyl/N-ethyl adjacent to an activating group) is 1. The topological polar surface area (TPSA) is 3.01 Å². The summed E-state index contributed by atoms with van der Waals surface area (Å²) in [5.74, 6) is 3.99. The molecular weight excluding hydrogens is 290 g/mol. The first-order valence-electron chi connectivity index (χ1n) is 10.4. The molecule has 0 N–H and O–H groups in total. The largest absolute Gasteiger partial charge is 0.297 e. The van der Waals surface area contributed by atoms with Crippen molar-refractivity contribution in [3.05, 3.63) is 23.8 Å². The van der Waals surface area contributed by atoms with Gasteiger partial charge in [-0.2, -0.15) is 0 Å². The van der Waals surface area contributed by atoms with E-state index in [2.05, 4.69) is 71.7 Å². The minimum Gasteiger partial charge on any atom is -0.297 e. The van der Waals surface area contributed by atoms with Crippen molar-refractivity contribution in [3.8, 4) is 0 Å². The van der Waals surface area contributed by atoms with Crippen LogP contribution >= 0.6 is 0 Å². The molecule has 7 atom stereocenters. The van der Waals surface area contributed by atoms with E-state index in [0.717, 1.165) is 23.7 Å². The van der Waals surface area contributed by atoms with Crippen LogP contribution in [0.3, 0.4) is 0 Å². The van der Waals surface area contributed by atoms with E-state index < -0.39 is 0 Å². The van der Waals surface area contributed by atoms with Crippen LogP contribution in [0, 0.1) is 29.6 Å². The van der Waals surface area contributed by atoms with E-state index >= 15 is 0 Å². The van der Waals surface area contributed by atoms with Crippen LogP contribution in [0.25, 0.3) is 0 Å². The average Bonchev–Trinajstić information content (AvgIpc) is 3.20. The molecule has 7 unspecified atom stereocenters. The van der Waals surface area contributed by atoms with Crippen LogP contribution in [-0.4, -0.2) is 24.0 Å². The number of allylic oxidation sites excluding steroid dienone is 3. The summed E-state index contributed by atoms with van der Waals surface area (Å²) >= 11 is 0. The third-order valence-electron chi connectivity index (χ3n) is 7.01. The second-order valence-corrected chi connectivity index (χ2v) is 9.00. The second-order valence-electron chi connectivity index (χ2n) is 9.00. The molecule has 24 heavy (non-hydrogen) atoms. The van der Waals surface area contributed by atoms with Gasteiger partial charge in [0.2, 0.25) is 0 Å². The molecule has 0 aromatic rings. The number of nitrogens with zero attached hydrogens (tertiary/aromatic N) is 1. The molecule has 2 rings (SSSR count). The van der Waals surface area contributed by atoms with Crippen LogP contribution in [-0.2, 0) is 0 Å². The maximum Gasteiger partial charge on any atom is 0.0428 e. The molecule has 1 saturated heterocycles. The summed E-state index contributed by atoms with van der Waals surface area (Å²) in [5, 5.41) is 0. The summed E-state index contributed by atoms with van der Waals surface area (Å²) in [5.41, 5.74) is 2.11. The van der Waals surface area contributed by atoms with E-state index in [1.54, 1.807) is 5.57 Å². The Labute approximate surface area is 151 Å². The third kappa shape index (κ3) is 3.98. The summed E-state index contributed by atoms with van der Waals surface area (Å²) in [6.07, 6.45) is 14.0. The first kappa shape index (κ1) is 19.8. The van der Waals surface area contributed by atoms with Gasteiger partial charge in [0.1, 0.15) is 0 Å². The van der Waals surface area contributed by atoms with Crippen molar-refractivity contribution >= 4 is 0 Å². The predicted molar refractivity (Wildman–Crippen MR) is 107 cm³/mol. The van der Waals surface area contributed by atoms with Crippen molar-refractivity contribution in [2.24, 2.45) is 29.6 Å². The molecule has 1 nitrogen and oxygen atoms in total. The molecule has 0 amide bonds. The lowest BCUT2D eigenvalue weighted by Gasteiger charge is -2.44. The lowest BCUT2D eigenvalue weighted by atomic mass is 9.62. The molecule has 0 saturated carbocycles. The van der Waals surface area contributed by atoms with Crippen molar-refractivity contribution in [2.45, 2.75) is 79.2 Å². The fraction of sp³-hybridized carbons (Fsp3) is 0.826. The number of rotatable bonds is 10. The van der Waals surface area contributed by atoms with E-state index in [1.165, 1.54) is 38.6 Å². The van der Waals surface area contributed by atoms with Crippen molar-refractivity contribution < 1.29 is 0 Å². The molecule has 138 valence electrons. The number of hydrogen-bond donors (Lipinski definition) is 0. The van der Waals surface area contributed by atoms with E-state index in [9.17, 15) is 0 Å². The van der Waals surface area contributed by atoms with Gasteiger partial charge in [0.15, 0.2) is 0 Å². The molecule has 0 aromatic carbocycles. The van der Waals surface area contributed by atoms with Crippen LogP contribution in [0.2, 0.25) is 0 Å². The van der Waals surface area contributed by atoms with E-state index in [1.807, 2.05) is 0 Å². The van der Waals surface area contributed by atoms with Crippen LogP contribution < -0.4 is 0 Å². The van der Waals surface area contributed by atoms with Gasteiger partial charge in [0.25, 0.3) is 0 Å². The zero-order chi connectivity index (χ0) is 17.9. The molecule has 0 radical (unpaired) electrons. The Kier molecular flexibility index (Phi) is 6.76. The standard InChI is InChI=1S/C23H41N/c1-8-10-17(3)12-13-20(6)23(16-24(23)7)22-15-19(5)21(22)14-18(4)11-9-2/h9,11,15,17-18,20-22H,8,10,12-14,16H2,1-7H3/b11-9-. The highest BCUT2D eigenvalue weighted by Crippen LogP contribution is 2.56. The van der Waals surface area contributed by atoms with Gasteiger partial charge in [-0.1, -0.05) is 70.8 Å². The van der Waals surface area contributed by atoms with Crippen molar-refractivity contribution in [3.63, 3.8) is 0 Å². The van der Waals surface area contributed by atoms with Gasteiger partial charge in [-0.15, -0.1) is 0 Å². The van der Waals surface area contributed by atoms with Gasteiger partial charge in [0.05, 0.1) is 0 Å². The molecule has 1 aliphatic carbocycles. The Balaban J connectivity index is 1.99. The van der Waals surface area contributed by atoms with Gasteiger partial charge in [-0.25, -0.2) is 0 Å². The summed E-state index contributed by atoms with van der Waals surface area (Å²) in [6, 6.07) is 0. The first-order chi connectivity index (χ1) is 11.4. The maximum absolute atomic E-state index is 2.64. The van der Waals surface area contributed by atoms with Gasteiger partial charge in [0, 0.05) is 18.0 Å². The Morgan fingerprint density at radius 3 is 2.42 bits per heavy atom. The molecule has 0 aromatic heterocycles. The van der Waals surface area contributed by atoms with E-state index in [0.29, 0.717) is 11.5 Å². The van der Waals surface area contributed by atoms with Crippen molar-refractivity contribution in [1.82, 2.24) is 4.90 Å². The SMILES string of the molecule is C/C=C\C(C)CC1C(C)=CC1C1(C(C)CCC(C)CCC)CN1C. The molecule has 1 aliphatic heterocycles. The summed E-state index contributed by atoms with van der Waals surface area (Å²) < 4.78 is 0. The Hall–Kier alpha value is -0.560. The average molecular weight is 332 g/mol. The van der Waals surface area contributed by atoms with Gasteiger partial charge in [-0.3, -0.25) is 4.90 Å². The van der Waals surface area contributed by atoms with E-state index in [4.69, 9.17) is 0 Å². The monoisotopic (exact) mass is 331 g/mol. The highest BCUT2D eigenvalue weighted by Gasteiger charge is 2.61. The summed E-state index contributed by atoms with van der Waals surface area (Å²) in [6.45, 7) is 15.5. The molecule has 1 heterocycles. The Morgan fingerprint density at radius 2 is 1.92 bits per heavy atom. The third-order valence-corrected chi connectivity index (χ3v) is 7.01. The highest BCUT2D eigenvalue weighted by atomic mass is 15.4. The number of hydrogen-bond acceptors (Lipinski definition) is 1. The summed E-state index contributed by atoms with van der Waals surface area (Å²) in [7, 11) is 2.35. The minimum atomic E-state index is 0.464. The van der Waals surface area contributed by atoms with E-state index in [-0.39, 0.29) is 0 Å². The fourth-order valence-corrected chi connectivity index (χ4v) is 5.31. The molecule has 0 bridgehead atoms. The zero-order valence-corrected chi connectivity index (χ0v) is 17.3. The molecule has 0 spiro atoms. The lowest BCUT2D eigenvalue weighted by Crippen LogP contribution is -2.44. The predicted octanol–water partition coefficient (Wildman–Crippen LogP) is 6.32. The Morgan fingerprint density at radius 1 is 1.25 bits per heavy atom. The second kappa shape index (κ2) is 8.21. The van der Waals surface area contributed by atoms with Crippen LogP contribution in [0.4, 0.5) is 0 Å². The molecule has 2 aliphatic rings. The highest BCUT2D eigenvalue weighted by molar-refractivity contribution is 5.31. The van der Waals surface area contributed by atoms with Gasteiger partial charge >= 0.3 is 0 Å². The van der Waals surface area contributed by atoms with Crippen LogP contribution in [0.5, 0.6) is 0 Å². The lowest BCUT2D eigenvalue weighted by molar-refractivity contribution is 0.172. The van der Waals surface area contributed by atoms with Crippen LogP contribution in [0.1, 0.15) is 73.6 Å². The van der Waals surface area contributed by atoms with Crippen LogP contribution in [0.15, 0.2) is 23.8 Å². The van der Waals surface area contributed by atoms with Gasteiger partial charge < -0.3 is 0 Å². The minimum absolute atomic E-state index is 0.464. The fourth-order valence-electron chi connectivity index (χ4n) is 5.31. The van der Waals surface area contributed by atoms with Crippen molar-refractivity contribution in [1.29, 1.82) is 0 Å². The first-order valence-corrected chi connectivity index (χ1v) is 10.4. The maximum atomic E-state index is 2.64. The van der Waals surface area contributed by atoms with Gasteiger partial charge in [-0.05, 0) is 57.4 Å².